The number of fused-ring (bicyclic) bond motifs is 1. The number of rotatable bonds is 14. The minimum Gasteiger partial charge on any atom is -0.475 e. The van der Waals surface area contributed by atoms with Crippen LogP contribution in [0.1, 0.15) is 45.1 Å². The maximum absolute atomic E-state index is 15.1. The third kappa shape index (κ3) is 7.28. The molecule has 230 valence electrons. The smallest absolute Gasteiger partial charge is 0.240 e. The number of anilines is 2. The Morgan fingerprint density at radius 3 is 2.25 bits per heavy atom. The Labute approximate surface area is 256 Å². The number of carbonyl (C=O) groups excluding carboxylic acids is 2. The molecule has 1 aliphatic carbocycles. The van der Waals surface area contributed by atoms with Gasteiger partial charge in [0.1, 0.15) is 12.0 Å². The highest BCUT2D eigenvalue weighted by molar-refractivity contribution is 6.16. The van der Waals surface area contributed by atoms with Crippen LogP contribution in [0.2, 0.25) is 0 Å². The van der Waals surface area contributed by atoms with E-state index in [2.05, 4.69) is 44.3 Å². The molecule has 11 heteroatoms. The quantitative estimate of drug-likeness (QED) is 0.166. The van der Waals surface area contributed by atoms with Crippen LogP contribution in [-0.2, 0) is 9.59 Å². The zero-order chi connectivity index (χ0) is 31.1. The Bertz CT molecular complexity index is 1620. The number of ether oxygens (including phenoxy) is 2. The van der Waals surface area contributed by atoms with Crippen molar-refractivity contribution in [1.82, 2.24) is 19.9 Å². The number of pyridine rings is 1. The van der Waals surface area contributed by atoms with Crippen LogP contribution in [0.25, 0.3) is 11.2 Å². The van der Waals surface area contributed by atoms with E-state index in [1.165, 1.54) is 24.5 Å². The van der Waals surface area contributed by atoms with Gasteiger partial charge >= 0.3 is 0 Å². The maximum atomic E-state index is 15.1. The van der Waals surface area contributed by atoms with Crippen molar-refractivity contribution in [3.63, 3.8) is 0 Å². The summed E-state index contributed by atoms with van der Waals surface area (Å²) < 4.78 is 26.8. The maximum Gasteiger partial charge on any atom is 0.240 e. The Kier molecular flexibility index (Phi) is 9.64. The molecule has 0 spiro atoms. The van der Waals surface area contributed by atoms with Crippen molar-refractivity contribution in [3.05, 3.63) is 72.3 Å². The second kappa shape index (κ2) is 13.8. The van der Waals surface area contributed by atoms with Crippen LogP contribution in [0.3, 0.4) is 0 Å². The number of nitrogens with zero attached hydrogens (tertiary/aromatic N) is 4. The molecule has 1 fully saturated rings. The molecule has 0 saturated heterocycles. The Morgan fingerprint density at radius 1 is 0.909 bits per heavy atom. The lowest BCUT2D eigenvalue weighted by Gasteiger charge is -2.20. The topological polar surface area (TPSA) is 119 Å². The molecule has 2 amide bonds. The predicted octanol–water partition coefficient (Wildman–Crippen LogP) is 6.12. The summed E-state index contributed by atoms with van der Waals surface area (Å²) in [5.41, 5.74) is 1.37. The summed E-state index contributed by atoms with van der Waals surface area (Å²) in [4.78, 5) is 41.4. The van der Waals surface area contributed by atoms with Crippen LogP contribution < -0.4 is 20.1 Å². The molecular formula is C33H37FN6O4. The van der Waals surface area contributed by atoms with E-state index in [-0.39, 0.29) is 23.1 Å². The van der Waals surface area contributed by atoms with E-state index in [9.17, 15) is 9.59 Å². The summed E-state index contributed by atoms with van der Waals surface area (Å²) >= 11 is 0. The first-order valence-corrected chi connectivity index (χ1v) is 14.9. The first-order chi connectivity index (χ1) is 21.3. The van der Waals surface area contributed by atoms with E-state index in [1.54, 1.807) is 18.2 Å². The van der Waals surface area contributed by atoms with Gasteiger partial charge < -0.3 is 20.1 Å². The van der Waals surface area contributed by atoms with E-state index in [1.807, 2.05) is 19.1 Å². The average molecular weight is 601 g/mol. The van der Waals surface area contributed by atoms with Gasteiger partial charge in [-0.2, -0.15) is 4.98 Å². The molecule has 2 aromatic carbocycles. The van der Waals surface area contributed by atoms with Gasteiger partial charge in [-0.05, 0) is 70.0 Å². The number of benzene rings is 2. The van der Waals surface area contributed by atoms with Crippen LogP contribution in [-0.4, -0.2) is 57.9 Å². The van der Waals surface area contributed by atoms with Gasteiger partial charge in [0.2, 0.25) is 17.7 Å². The molecule has 0 radical (unpaired) electrons. The first kappa shape index (κ1) is 30.8. The van der Waals surface area contributed by atoms with Crippen molar-refractivity contribution in [2.45, 2.75) is 46.5 Å². The molecule has 44 heavy (non-hydrogen) atoms. The lowest BCUT2D eigenvalue weighted by atomic mass is 10.0. The third-order valence-corrected chi connectivity index (χ3v) is 7.46. The number of hydrogen-bond acceptors (Lipinski definition) is 8. The van der Waals surface area contributed by atoms with Crippen molar-refractivity contribution in [2.24, 2.45) is 5.41 Å². The fourth-order valence-electron chi connectivity index (χ4n) is 4.88. The van der Waals surface area contributed by atoms with Crippen LogP contribution in [0, 0.1) is 18.2 Å². The highest BCUT2D eigenvalue weighted by Gasteiger charge is 2.56. The minimum atomic E-state index is -1.18. The number of hydrogen-bond donors (Lipinski definition) is 2. The Morgan fingerprint density at radius 2 is 1.59 bits per heavy atom. The normalized spacial score (nSPS) is 13.5. The van der Waals surface area contributed by atoms with Crippen LogP contribution in [0.15, 0.2) is 60.9 Å². The number of carbonyl (C=O) groups is 2. The van der Waals surface area contributed by atoms with Gasteiger partial charge in [0, 0.05) is 36.2 Å². The van der Waals surface area contributed by atoms with Gasteiger partial charge in [0.15, 0.2) is 28.5 Å². The number of aromatic nitrogens is 3. The monoisotopic (exact) mass is 600 g/mol. The molecule has 5 rings (SSSR count). The van der Waals surface area contributed by atoms with Crippen molar-refractivity contribution in [2.75, 3.05) is 36.9 Å². The standard InChI is InChI=1S/C33H37FN6O4/c1-4-16-40(17-5-2)18-19-43-28-21-36-29-27(12-15-35-30(29)39-28)44-26-11-10-24(20-25(26)34)38-32(42)33(13-14-33)31(41)37-23-8-6-22(3)7-9-23/h6-12,15,20-21H,4-5,13-14,16-19H2,1-3H3,(H,37,41)(H,38,42). The SMILES string of the molecule is CCCN(CCC)CCOc1cnc2c(Oc3ccc(NC(=O)C4(C(=O)Nc5ccc(C)cc5)CC4)cc3F)ccnc2n1. The van der Waals surface area contributed by atoms with Crippen LogP contribution in [0.4, 0.5) is 15.8 Å². The van der Waals surface area contributed by atoms with Gasteiger partial charge in [-0.1, -0.05) is 31.5 Å². The second-order valence-electron chi connectivity index (χ2n) is 11.0. The highest BCUT2D eigenvalue weighted by atomic mass is 19.1. The molecule has 4 aromatic rings. The number of nitrogens with one attached hydrogen (secondary N) is 2. The molecule has 0 unspecified atom stereocenters. The average Bonchev–Trinajstić information content (AvgIpc) is 3.83. The second-order valence-corrected chi connectivity index (χ2v) is 11.0. The summed E-state index contributed by atoms with van der Waals surface area (Å²) in [6.45, 7) is 9.55. The molecule has 1 aliphatic rings. The van der Waals surface area contributed by atoms with Crippen LogP contribution in [0.5, 0.6) is 17.4 Å². The fourth-order valence-corrected chi connectivity index (χ4v) is 4.88. The fraction of sp³-hybridized carbons (Fsp3) is 0.364. The van der Waals surface area contributed by atoms with E-state index in [4.69, 9.17) is 9.47 Å². The minimum absolute atomic E-state index is 0.0668. The largest absolute Gasteiger partial charge is 0.475 e. The molecule has 2 aromatic heterocycles. The van der Waals surface area contributed by atoms with Gasteiger partial charge in [0.05, 0.1) is 6.20 Å². The Hall–Kier alpha value is -4.64. The predicted molar refractivity (Wildman–Crippen MR) is 166 cm³/mol. The van der Waals surface area contributed by atoms with Crippen molar-refractivity contribution < 1.29 is 23.5 Å². The summed E-state index contributed by atoms with van der Waals surface area (Å²) in [6.07, 6.45) is 5.99. The molecule has 0 atom stereocenters. The van der Waals surface area contributed by atoms with Crippen molar-refractivity contribution in [1.29, 1.82) is 0 Å². The number of halogens is 1. The lowest BCUT2D eigenvalue weighted by molar-refractivity contribution is -0.131. The number of aryl methyl sites for hydroxylation is 1. The Balaban J connectivity index is 1.21. The van der Waals surface area contributed by atoms with Gasteiger partial charge in [0.25, 0.3) is 0 Å². The summed E-state index contributed by atoms with van der Waals surface area (Å²) in [5, 5.41) is 5.49. The lowest BCUT2D eigenvalue weighted by Crippen LogP contribution is -2.35. The van der Waals surface area contributed by atoms with Gasteiger partial charge in [-0.3, -0.25) is 14.5 Å². The van der Waals surface area contributed by atoms with E-state index < -0.39 is 17.1 Å². The van der Waals surface area contributed by atoms with E-state index >= 15 is 4.39 Å². The van der Waals surface area contributed by atoms with Crippen LogP contribution >= 0.6 is 0 Å². The zero-order valence-corrected chi connectivity index (χ0v) is 25.2. The third-order valence-electron chi connectivity index (χ3n) is 7.46. The van der Waals surface area contributed by atoms with Crippen molar-refractivity contribution in [3.8, 4) is 17.4 Å². The molecule has 10 nitrogen and oxygen atoms in total. The number of amides is 2. The zero-order valence-electron chi connectivity index (χ0n) is 25.2. The molecule has 0 bridgehead atoms. The molecule has 1 saturated carbocycles. The molecule has 2 heterocycles. The van der Waals surface area contributed by atoms with Gasteiger partial charge in [-0.15, -0.1) is 0 Å². The highest BCUT2D eigenvalue weighted by Crippen LogP contribution is 2.47. The van der Waals surface area contributed by atoms with E-state index in [0.29, 0.717) is 42.2 Å². The molecule has 0 aliphatic heterocycles. The van der Waals surface area contributed by atoms with E-state index in [0.717, 1.165) is 44.1 Å². The summed E-state index contributed by atoms with van der Waals surface area (Å²) in [5.74, 6) is -1.00. The van der Waals surface area contributed by atoms with Crippen molar-refractivity contribution >= 4 is 34.4 Å². The molecule has 2 N–H and O–H groups in total. The summed E-state index contributed by atoms with van der Waals surface area (Å²) in [6, 6.07) is 13.0. The summed E-state index contributed by atoms with van der Waals surface area (Å²) in [7, 11) is 0. The first-order valence-electron chi connectivity index (χ1n) is 14.9. The molecular weight excluding hydrogens is 563 g/mol. The van der Waals surface area contributed by atoms with Gasteiger partial charge in [-0.25, -0.2) is 14.4 Å².